The second-order valence-corrected chi connectivity index (χ2v) is 11.4. The Hall–Kier alpha value is -1.89. The minimum Gasteiger partial charge on any atom is -0.351 e. The van der Waals surface area contributed by atoms with Crippen molar-refractivity contribution in [3.8, 4) is 0 Å². The van der Waals surface area contributed by atoms with Gasteiger partial charge in [-0.2, -0.15) is 0 Å². The van der Waals surface area contributed by atoms with Crippen molar-refractivity contribution < 1.29 is 18.0 Å². The first-order valence-electron chi connectivity index (χ1n) is 11.1. The van der Waals surface area contributed by atoms with E-state index in [9.17, 15) is 18.0 Å². The largest absolute Gasteiger partial charge is 0.351 e. The molecule has 166 valence electrons. The van der Waals surface area contributed by atoms with E-state index in [0.29, 0.717) is 24.7 Å². The molecule has 2 aliphatic rings. The standard InChI is InChI=1S/C23H34N2O4S/c1-16(2)18-8-10-19(11-9-18)22(26)25-21(14-17-6-4-3-5-7-17)23(27)24-20-12-13-30(28,29)15-20/h3-7,16,18-21H,8-15H2,1-2H3,(H,24,27)(H,25,26)/t18?,19?,20-,21-/m1/s1. The maximum Gasteiger partial charge on any atom is 0.243 e. The molecular weight excluding hydrogens is 400 g/mol. The fraction of sp³-hybridized carbons (Fsp3) is 0.652. The minimum atomic E-state index is -3.08. The highest BCUT2D eigenvalue weighted by Gasteiger charge is 2.33. The fourth-order valence-corrected chi connectivity index (χ4v) is 6.28. The lowest BCUT2D eigenvalue weighted by Gasteiger charge is -2.31. The van der Waals surface area contributed by atoms with Gasteiger partial charge < -0.3 is 10.6 Å². The van der Waals surface area contributed by atoms with Gasteiger partial charge in [0.25, 0.3) is 0 Å². The van der Waals surface area contributed by atoms with E-state index < -0.39 is 15.9 Å². The molecular formula is C23H34N2O4S. The maximum absolute atomic E-state index is 13.0. The van der Waals surface area contributed by atoms with Gasteiger partial charge in [-0.15, -0.1) is 0 Å². The van der Waals surface area contributed by atoms with Crippen LogP contribution >= 0.6 is 0 Å². The van der Waals surface area contributed by atoms with Crippen molar-refractivity contribution >= 4 is 21.7 Å². The minimum absolute atomic E-state index is 0.0239. The number of amides is 2. The van der Waals surface area contributed by atoms with Crippen LogP contribution in [0.3, 0.4) is 0 Å². The van der Waals surface area contributed by atoms with Crippen LogP contribution in [0, 0.1) is 17.8 Å². The number of carbonyl (C=O) groups excluding carboxylic acids is 2. The lowest BCUT2D eigenvalue weighted by Crippen LogP contribution is -2.52. The SMILES string of the molecule is CC(C)C1CCC(C(=O)N[C@H](Cc2ccccc2)C(=O)N[C@@H]2CCS(=O)(=O)C2)CC1. The van der Waals surface area contributed by atoms with Crippen LogP contribution in [0.25, 0.3) is 0 Å². The van der Waals surface area contributed by atoms with Gasteiger partial charge in [-0.1, -0.05) is 44.2 Å². The van der Waals surface area contributed by atoms with Crippen molar-refractivity contribution in [1.29, 1.82) is 0 Å². The molecule has 1 saturated heterocycles. The monoisotopic (exact) mass is 434 g/mol. The van der Waals surface area contributed by atoms with Crippen molar-refractivity contribution in [2.24, 2.45) is 17.8 Å². The van der Waals surface area contributed by atoms with Gasteiger partial charge >= 0.3 is 0 Å². The molecule has 2 N–H and O–H groups in total. The van der Waals surface area contributed by atoms with Crippen molar-refractivity contribution in [2.75, 3.05) is 11.5 Å². The van der Waals surface area contributed by atoms with Gasteiger partial charge in [-0.25, -0.2) is 8.42 Å². The topological polar surface area (TPSA) is 92.3 Å². The average Bonchev–Trinajstić information content (AvgIpc) is 3.06. The van der Waals surface area contributed by atoms with E-state index in [0.717, 1.165) is 31.2 Å². The molecule has 3 rings (SSSR count). The van der Waals surface area contributed by atoms with E-state index >= 15 is 0 Å². The lowest BCUT2D eigenvalue weighted by atomic mass is 9.76. The number of nitrogens with one attached hydrogen (secondary N) is 2. The number of hydrogen-bond acceptors (Lipinski definition) is 4. The molecule has 0 spiro atoms. The maximum atomic E-state index is 13.0. The van der Waals surface area contributed by atoms with E-state index in [-0.39, 0.29) is 35.3 Å². The number of hydrogen-bond donors (Lipinski definition) is 2. The number of benzene rings is 1. The molecule has 1 heterocycles. The molecule has 0 aromatic heterocycles. The molecule has 30 heavy (non-hydrogen) atoms. The third-order valence-corrected chi connectivity index (χ3v) is 8.35. The summed E-state index contributed by atoms with van der Waals surface area (Å²) >= 11 is 0. The summed E-state index contributed by atoms with van der Waals surface area (Å²) in [7, 11) is -3.08. The third-order valence-electron chi connectivity index (χ3n) is 6.58. The number of sulfone groups is 1. The van der Waals surface area contributed by atoms with E-state index in [1.807, 2.05) is 30.3 Å². The van der Waals surface area contributed by atoms with Crippen molar-refractivity contribution in [3.63, 3.8) is 0 Å². The molecule has 2 atom stereocenters. The lowest BCUT2D eigenvalue weighted by molar-refractivity contribution is -0.132. The van der Waals surface area contributed by atoms with Crippen LogP contribution in [0.15, 0.2) is 30.3 Å². The Balaban J connectivity index is 1.63. The fourth-order valence-electron chi connectivity index (χ4n) is 4.61. The smallest absolute Gasteiger partial charge is 0.243 e. The Bertz CT molecular complexity index is 830. The third kappa shape index (κ3) is 6.30. The molecule has 6 nitrogen and oxygen atoms in total. The van der Waals surface area contributed by atoms with E-state index in [1.54, 1.807) is 0 Å². The Labute approximate surface area is 180 Å². The molecule has 0 bridgehead atoms. The molecule has 0 unspecified atom stereocenters. The molecule has 1 aliphatic heterocycles. The van der Waals surface area contributed by atoms with E-state index in [1.165, 1.54) is 0 Å². The van der Waals surface area contributed by atoms with E-state index in [4.69, 9.17) is 0 Å². The van der Waals surface area contributed by atoms with Gasteiger partial charge in [0.2, 0.25) is 11.8 Å². The van der Waals surface area contributed by atoms with Crippen LogP contribution in [0.2, 0.25) is 0 Å². The van der Waals surface area contributed by atoms with Gasteiger partial charge in [0.05, 0.1) is 11.5 Å². The summed E-state index contributed by atoms with van der Waals surface area (Å²) in [6.45, 7) is 4.46. The molecule has 2 amide bonds. The Morgan fingerprint density at radius 3 is 2.27 bits per heavy atom. The summed E-state index contributed by atoms with van der Waals surface area (Å²) in [4.78, 5) is 25.9. The van der Waals surface area contributed by atoms with Gasteiger partial charge in [0.1, 0.15) is 6.04 Å². The first-order chi connectivity index (χ1) is 14.2. The van der Waals surface area contributed by atoms with Crippen LogP contribution in [0.1, 0.15) is 51.5 Å². The second kappa shape index (κ2) is 9.94. The number of rotatable bonds is 7. The zero-order valence-electron chi connectivity index (χ0n) is 18.0. The van der Waals surface area contributed by atoms with Crippen LogP contribution < -0.4 is 10.6 Å². The molecule has 7 heteroatoms. The molecule has 1 aromatic carbocycles. The molecule has 1 saturated carbocycles. The predicted molar refractivity (Wildman–Crippen MR) is 118 cm³/mol. The summed E-state index contributed by atoms with van der Waals surface area (Å²) in [5.41, 5.74) is 0.959. The average molecular weight is 435 g/mol. The van der Waals surface area contributed by atoms with Crippen molar-refractivity contribution in [2.45, 2.75) is 64.5 Å². The van der Waals surface area contributed by atoms with E-state index in [2.05, 4.69) is 24.5 Å². The van der Waals surface area contributed by atoms with Crippen LogP contribution in [-0.2, 0) is 25.8 Å². The van der Waals surface area contributed by atoms with Crippen LogP contribution in [-0.4, -0.2) is 43.8 Å². The Morgan fingerprint density at radius 2 is 1.70 bits per heavy atom. The Kier molecular flexibility index (Phi) is 7.55. The number of carbonyl (C=O) groups is 2. The summed E-state index contributed by atoms with van der Waals surface area (Å²) in [5.74, 6) is 0.960. The predicted octanol–water partition coefficient (Wildman–Crippen LogP) is 2.48. The highest BCUT2D eigenvalue weighted by molar-refractivity contribution is 7.91. The quantitative estimate of drug-likeness (QED) is 0.690. The zero-order chi connectivity index (χ0) is 21.7. The highest BCUT2D eigenvalue weighted by atomic mass is 32.2. The molecule has 1 aliphatic carbocycles. The molecule has 2 fully saturated rings. The first-order valence-corrected chi connectivity index (χ1v) is 12.9. The van der Waals surface area contributed by atoms with Gasteiger partial charge in [-0.3, -0.25) is 9.59 Å². The second-order valence-electron chi connectivity index (χ2n) is 9.22. The van der Waals surface area contributed by atoms with Crippen molar-refractivity contribution in [1.82, 2.24) is 10.6 Å². The Morgan fingerprint density at radius 1 is 1.03 bits per heavy atom. The van der Waals surface area contributed by atoms with Gasteiger partial charge in [0, 0.05) is 18.4 Å². The summed E-state index contributed by atoms with van der Waals surface area (Å²) in [5, 5.41) is 5.83. The van der Waals surface area contributed by atoms with Gasteiger partial charge in [0.15, 0.2) is 9.84 Å². The summed E-state index contributed by atoms with van der Waals surface area (Å²) in [6.07, 6.45) is 4.62. The highest BCUT2D eigenvalue weighted by Crippen LogP contribution is 2.33. The van der Waals surface area contributed by atoms with Crippen LogP contribution in [0.5, 0.6) is 0 Å². The first kappa shape index (κ1) is 22.8. The van der Waals surface area contributed by atoms with Crippen LogP contribution in [0.4, 0.5) is 0 Å². The molecule has 1 aromatic rings. The van der Waals surface area contributed by atoms with Crippen molar-refractivity contribution in [3.05, 3.63) is 35.9 Å². The zero-order valence-corrected chi connectivity index (χ0v) is 18.8. The summed E-state index contributed by atoms with van der Waals surface area (Å²) < 4.78 is 23.4. The normalized spacial score (nSPS) is 26.8. The molecule has 0 radical (unpaired) electrons. The summed E-state index contributed by atoms with van der Waals surface area (Å²) in [6, 6.07) is 8.50. The van der Waals surface area contributed by atoms with Gasteiger partial charge in [-0.05, 0) is 49.5 Å².